The fourth-order valence-electron chi connectivity index (χ4n) is 3.29. The molecule has 2 heterocycles. The number of amides is 1. The van der Waals surface area contributed by atoms with Crippen LogP contribution in [0, 0.1) is 0 Å². The number of thiophene rings is 1. The molecule has 0 aromatic carbocycles. The summed E-state index contributed by atoms with van der Waals surface area (Å²) in [6, 6.07) is 1.78. The highest BCUT2D eigenvalue weighted by atomic mass is 32.1. The zero-order valence-corrected chi connectivity index (χ0v) is 12.0. The minimum Gasteiger partial charge on any atom is -0.481 e. The first kappa shape index (κ1) is 13.6. The first-order valence-electron chi connectivity index (χ1n) is 6.98. The minimum atomic E-state index is -0.918. The molecule has 3 rings (SSSR count). The lowest BCUT2D eigenvalue weighted by Gasteiger charge is -2.41. The summed E-state index contributed by atoms with van der Waals surface area (Å²) in [5.74, 6) is -1.07. The predicted molar refractivity (Wildman–Crippen MR) is 75.8 cm³/mol. The fraction of sp³-hybridized carbons (Fsp3) is 0.571. The minimum absolute atomic E-state index is 0.123. The van der Waals surface area contributed by atoms with Crippen LogP contribution in [0.1, 0.15) is 35.7 Å². The largest absolute Gasteiger partial charge is 0.481 e. The van der Waals surface area contributed by atoms with Crippen LogP contribution in [-0.2, 0) is 16.0 Å². The number of carboxylic acids is 1. The molecule has 2 unspecified atom stereocenters. The number of fused-ring (bicyclic) bond motifs is 1. The summed E-state index contributed by atoms with van der Waals surface area (Å²) in [6.07, 6.45) is 3.10. The third-order valence-electron chi connectivity index (χ3n) is 4.16. The topological polar surface area (TPSA) is 69.6 Å². The molecule has 1 aromatic heterocycles. The van der Waals surface area contributed by atoms with Crippen molar-refractivity contribution in [3.8, 4) is 0 Å². The Hall–Kier alpha value is -1.40. The number of piperazine rings is 1. The van der Waals surface area contributed by atoms with Crippen LogP contribution in [0.2, 0.25) is 0 Å². The Labute approximate surface area is 121 Å². The molecule has 0 spiro atoms. The van der Waals surface area contributed by atoms with E-state index < -0.39 is 12.0 Å². The second-order valence-electron chi connectivity index (χ2n) is 5.35. The van der Waals surface area contributed by atoms with Gasteiger partial charge in [0.1, 0.15) is 6.04 Å². The van der Waals surface area contributed by atoms with E-state index >= 15 is 0 Å². The number of rotatable bonds is 3. The quantitative estimate of drug-likeness (QED) is 0.884. The first-order valence-corrected chi connectivity index (χ1v) is 7.86. The molecule has 2 atom stereocenters. The summed E-state index contributed by atoms with van der Waals surface area (Å²) in [4.78, 5) is 26.5. The summed E-state index contributed by atoms with van der Waals surface area (Å²) in [5, 5.41) is 13.9. The molecule has 5 nitrogen and oxygen atoms in total. The van der Waals surface area contributed by atoms with Crippen molar-refractivity contribution in [3.63, 3.8) is 0 Å². The van der Waals surface area contributed by atoms with Crippen molar-refractivity contribution in [1.82, 2.24) is 10.2 Å². The monoisotopic (exact) mass is 294 g/mol. The van der Waals surface area contributed by atoms with Crippen LogP contribution in [0.15, 0.2) is 11.4 Å². The highest BCUT2D eigenvalue weighted by Crippen LogP contribution is 2.38. The number of carboxylic acid groups (broad SMARTS) is 1. The second kappa shape index (κ2) is 5.54. The average molecular weight is 294 g/mol. The van der Waals surface area contributed by atoms with E-state index in [4.69, 9.17) is 5.11 Å². The number of hydrogen-bond donors (Lipinski definition) is 2. The SMILES string of the molecule is O=C(O)CC1C(=O)NCCN1C1CCCc2sccc21. The van der Waals surface area contributed by atoms with E-state index in [1.807, 2.05) is 0 Å². The van der Waals surface area contributed by atoms with Crippen molar-refractivity contribution in [3.05, 3.63) is 21.9 Å². The number of carbonyl (C=O) groups is 2. The van der Waals surface area contributed by atoms with Gasteiger partial charge in [-0.25, -0.2) is 0 Å². The Morgan fingerprint density at radius 2 is 2.40 bits per heavy atom. The molecule has 1 fully saturated rings. The highest BCUT2D eigenvalue weighted by Gasteiger charge is 2.38. The Balaban J connectivity index is 1.88. The number of nitrogens with zero attached hydrogens (tertiary/aromatic N) is 1. The average Bonchev–Trinajstić information content (AvgIpc) is 2.89. The maximum Gasteiger partial charge on any atom is 0.305 e. The molecule has 2 aliphatic rings. The summed E-state index contributed by atoms with van der Waals surface area (Å²) in [5.41, 5.74) is 1.30. The maximum atomic E-state index is 12.0. The molecule has 1 saturated heterocycles. The lowest BCUT2D eigenvalue weighted by Crippen LogP contribution is -2.57. The van der Waals surface area contributed by atoms with Crippen LogP contribution >= 0.6 is 11.3 Å². The number of aliphatic carboxylic acids is 1. The molecular weight excluding hydrogens is 276 g/mol. The summed E-state index contributed by atoms with van der Waals surface area (Å²) in [7, 11) is 0. The van der Waals surface area contributed by atoms with Crippen molar-refractivity contribution in [2.45, 2.75) is 37.8 Å². The van der Waals surface area contributed by atoms with Crippen LogP contribution < -0.4 is 5.32 Å². The first-order chi connectivity index (χ1) is 9.66. The number of aryl methyl sites for hydroxylation is 1. The normalized spacial score (nSPS) is 26.9. The molecular formula is C14H18N2O3S. The van der Waals surface area contributed by atoms with E-state index in [-0.39, 0.29) is 18.4 Å². The molecule has 1 aliphatic carbocycles. The van der Waals surface area contributed by atoms with Gasteiger partial charge in [0.2, 0.25) is 5.91 Å². The predicted octanol–water partition coefficient (Wildman–Crippen LogP) is 1.40. The van der Waals surface area contributed by atoms with Crippen molar-refractivity contribution in [1.29, 1.82) is 0 Å². The Bertz CT molecular complexity index is 528. The summed E-state index contributed by atoms with van der Waals surface area (Å²) >= 11 is 1.77. The molecule has 0 saturated carbocycles. The smallest absolute Gasteiger partial charge is 0.305 e. The van der Waals surface area contributed by atoms with Crippen molar-refractivity contribution < 1.29 is 14.7 Å². The molecule has 2 N–H and O–H groups in total. The molecule has 6 heteroatoms. The van der Waals surface area contributed by atoms with Gasteiger partial charge < -0.3 is 10.4 Å². The Morgan fingerprint density at radius 1 is 1.55 bits per heavy atom. The maximum absolute atomic E-state index is 12.0. The lowest BCUT2D eigenvalue weighted by molar-refractivity contribution is -0.144. The zero-order valence-electron chi connectivity index (χ0n) is 11.2. The molecule has 108 valence electrons. The fourth-order valence-corrected chi connectivity index (χ4v) is 4.27. The lowest BCUT2D eigenvalue weighted by atomic mass is 9.90. The van der Waals surface area contributed by atoms with E-state index in [0.29, 0.717) is 6.54 Å². The van der Waals surface area contributed by atoms with Gasteiger partial charge in [0.25, 0.3) is 0 Å². The summed E-state index contributed by atoms with van der Waals surface area (Å²) < 4.78 is 0. The van der Waals surface area contributed by atoms with E-state index in [2.05, 4.69) is 21.7 Å². The van der Waals surface area contributed by atoms with Crippen LogP contribution in [0.25, 0.3) is 0 Å². The summed E-state index contributed by atoms with van der Waals surface area (Å²) in [6.45, 7) is 1.33. The van der Waals surface area contributed by atoms with Gasteiger partial charge in [-0.2, -0.15) is 0 Å². The zero-order chi connectivity index (χ0) is 14.1. The molecule has 0 radical (unpaired) electrons. The van der Waals surface area contributed by atoms with Gasteiger partial charge in [-0.3, -0.25) is 14.5 Å². The van der Waals surface area contributed by atoms with Gasteiger partial charge in [-0.1, -0.05) is 0 Å². The number of carbonyl (C=O) groups excluding carboxylic acids is 1. The molecule has 20 heavy (non-hydrogen) atoms. The van der Waals surface area contributed by atoms with Crippen LogP contribution in [0.5, 0.6) is 0 Å². The van der Waals surface area contributed by atoms with Gasteiger partial charge in [0.05, 0.1) is 6.42 Å². The van der Waals surface area contributed by atoms with Crippen molar-refractivity contribution in [2.75, 3.05) is 13.1 Å². The highest BCUT2D eigenvalue weighted by molar-refractivity contribution is 7.10. The van der Waals surface area contributed by atoms with E-state index in [1.54, 1.807) is 11.3 Å². The van der Waals surface area contributed by atoms with Crippen molar-refractivity contribution >= 4 is 23.2 Å². The second-order valence-corrected chi connectivity index (χ2v) is 6.35. The third-order valence-corrected chi connectivity index (χ3v) is 5.16. The van der Waals surface area contributed by atoms with Gasteiger partial charge in [-0.05, 0) is 36.3 Å². The number of hydrogen-bond acceptors (Lipinski definition) is 4. The Morgan fingerprint density at radius 3 is 3.20 bits per heavy atom. The standard InChI is InChI=1S/C14H18N2O3S/c17-13(18)8-11-14(19)15-5-6-16(11)10-2-1-3-12-9(10)4-7-20-12/h4,7,10-11H,1-3,5-6,8H2,(H,15,19)(H,17,18). The molecule has 1 aliphatic heterocycles. The molecule has 0 bridgehead atoms. The van der Waals surface area contributed by atoms with Crippen molar-refractivity contribution in [2.24, 2.45) is 0 Å². The molecule has 1 amide bonds. The number of nitrogens with one attached hydrogen (secondary N) is 1. The van der Waals surface area contributed by atoms with Crippen LogP contribution in [0.4, 0.5) is 0 Å². The third kappa shape index (κ3) is 2.45. The Kier molecular flexibility index (Phi) is 3.76. The van der Waals surface area contributed by atoms with E-state index in [1.165, 1.54) is 10.4 Å². The van der Waals surface area contributed by atoms with Gasteiger partial charge >= 0.3 is 5.97 Å². The van der Waals surface area contributed by atoms with Gasteiger partial charge in [0, 0.05) is 24.0 Å². The van der Waals surface area contributed by atoms with Gasteiger partial charge in [-0.15, -0.1) is 11.3 Å². The van der Waals surface area contributed by atoms with Crippen LogP contribution in [-0.4, -0.2) is 41.0 Å². The van der Waals surface area contributed by atoms with E-state index in [9.17, 15) is 9.59 Å². The molecule has 1 aromatic rings. The van der Waals surface area contributed by atoms with E-state index in [0.717, 1.165) is 25.8 Å². The van der Waals surface area contributed by atoms with Gasteiger partial charge in [0.15, 0.2) is 0 Å². The van der Waals surface area contributed by atoms with Crippen LogP contribution in [0.3, 0.4) is 0 Å².